The van der Waals surface area contributed by atoms with Crippen LogP contribution in [0.25, 0.3) is 0 Å². The summed E-state index contributed by atoms with van der Waals surface area (Å²) in [5.74, 6) is 0.323. The highest BCUT2D eigenvalue weighted by Crippen LogP contribution is 2.15. The standard InChI is InChI=1S/C10H20N2O2/c1-8(7-13)12(2)10(14)9-3-5-11-6-4-9/h8-9,11,13H,3-7H2,1-2H3. The van der Waals surface area contributed by atoms with Crippen LogP contribution in [0.3, 0.4) is 0 Å². The normalized spacial score (nSPS) is 20.5. The number of nitrogens with zero attached hydrogens (tertiary/aromatic N) is 1. The second kappa shape index (κ2) is 5.32. The van der Waals surface area contributed by atoms with E-state index in [2.05, 4.69) is 5.32 Å². The van der Waals surface area contributed by atoms with Crippen LogP contribution in [0.5, 0.6) is 0 Å². The Hall–Kier alpha value is -0.610. The second-order valence-electron chi connectivity index (χ2n) is 4.01. The van der Waals surface area contributed by atoms with Crippen LogP contribution in [0.2, 0.25) is 0 Å². The Morgan fingerprint density at radius 2 is 2.14 bits per heavy atom. The summed E-state index contributed by atoms with van der Waals surface area (Å²) in [6, 6.07) is -0.0719. The van der Waals surface area contributed by atoms with E-state index in [0.29, 0.717) is 0 Å². The van der Waals surface area contributed by atoms with E-state index in [1.807, 2.05) is 6.92 Å². The molecule has 4 nitrogen and oxygen atoms in total. The number of carbonyl (C=O) groups is 1. The first kappa shape index (κ1) is 11.5. The minimum absolute atomic E-state index is 0.0349. The van der Waals surface area contributed by atoms with Gasteiger partial charge in [-0.1, -0.05) is 0 Å². The van der Waals surface area contributed by atoms with Crippen molar-refractivity contribution in [2.45, 2.75) is 25.8 Å². The van der Waals surface area contributed by atoms with E-state index in [9.17, 15) is 4.79 Å². The predicted octanol–water partition coefficient (Wildman–Crippen LogP) is -0.175. The zero-order valence-electron chi connectivity index (χ0n) is 8.99. The van der Waals surface area contributed by atoms with Gasteiger partial charge in [0.15, 0.2) is 0 Å². The van der Waals surface area contributed by atoms with E-state index >= 15 is 0 Å². The van der Waals surface area contributed by atoms with Crippen molar-refractivity contribution in [1.82, 2.24) is 10.2 Å². The topological polar surface area (TPSA) is 52.6 Å². The van der Waals surface area contributed by atoms with E-state index in [0.717, 1.165) is 25.9 Å². The third-order valence-electron chi connectivity index (χ3n) is 2.96. The zero-order valence-corrected chi connectivity index (χ0v) is 8.99. The maximum atomic E-state index is 11.9. The van der Waals surface area contributed by atoms with Crippen LogP contribution in [0.1, 0.15) is 19.8 Å². The summed E-state index contributed by atoms with van der Waals surface area (Å²) in [4.78, 5) is 13.5. The number of rotatable bonds is 3. The fourth-order valence-electron chi connectivity index (χ4n) is 1.70. The van der Waals surface area contributed by atoms with Crippen LogP contribution in [-0.2, 0) is 4.79 Å². The average molecular weight is 200 g/mol. The van der Waals surface area contributed by atoms with E-state index in [-0.39, 0.29) is 24.5 Å². The Balaban J connectivity index is 2.46. The van der Waals surface area contributed by atoms with Gasteiger partial charge >= 0.3 is 0 Å². The summed E-state index contributed by atoms with van der Waals surface area (Å²) >= 11 is 0. The Kier molecular flexibility index (Phi) is 4.35. The van der Waals surface area contributed by atoms with Gasteiger partial charge in [-0.2, -0.15) is 0 Å². The van der Waals surface area contributed by atoms with Crippen molar-refractivity contribution in [1.29, 1.82) is 0 Å². The number of amides is 1. The molecule has 4 heteroatoms. The number of hydrogen-bond acceptors (Lipinski definition) is 3. The molecule has 1 rings (SSSR count). The first-order valence-electron chi connectivity index (χ1n) is 5.25. The molecule has 0 spiro atoms. The smallest absolute Gasteiger partial charge is 0.225 e. The number of piperidine rings is 1. The zero-order chi connectivity index (χ0) is 10.6. The van der Waals surface area contributed by atoms with Gasteiger partial charge in [0.05, 0.1) is 12.6 Å². The van der Waals surface area contributed by atoms with Crippen molar-refractivity contribution >= 4 is 5.91 Å². The van der Waals surface area contributed by atoms with E-state index in [1.54, 1.807) is 11.9 Å². The molecule has 0 aromatic rings. The summed E-state index contributed by atoms with van der Waals surface area (Å²) in [5.41, 5.74) is 0. The Labute approximate surface area is 85.3 Å². The molecule has 1 atom stereocenters. The van der Waals surface area contributed by atoms with E-state index in [1.165, 1.54) is 0 Å². The summed E-state index contributed by atoms with van der Waals surface area (Å²) in [5, 5.41) is 12.2. The molecule has 2 N–H and O–H groups in total. The number of hydrogen-bond donors (Lipinski definition) is 2. The molecular weight excluding hydrogens is 180 g/mol. The highest BCUT2D eigenvalue weighted by Gasteiger charge is 2.25. The number of likely N-dealkylation sites (N-methyl/N-ethyl adjacent to an activating group) is 1. The molecule has 1 saturated heterocycles. The summed E-state index contributed by atoms with van der Waals surface area (Å²) in [7, 11) is 1.77. The van der Waals surface area contributed by atoms with Crippen LogP contribution >= 0.6 is 0 Å². The fraction of sp³-hybridized carbons (Fsp3) is 0.900. The van der Waals surface area contributed by atoms with Gasteiger partial charge in [-0.05, 0) is 32.9 Å². The van der Waals surface area contributed by atoms with E-state index < -0.39 is 0 Å². The molecule has 1 amide bonds. The Bertz CT molecular complexity index is 187. The molecule has 1 aliphatic rings. The molecule has 0 bridgehead atoms. The molecule has 0 aromatic heterocycles. The maximum Gasteiger partial charge on any atom is 0.225 e. The van der Waals surface area contributed by atoms with Crippen LogP contribution < -0.4 is 5.32 Å². The monoisotopic (exact) mass is 200 g/mol. The molecule has 1 unspecified atom stereocenters. The van der Waals surface area contributed by atoms with E-state index in [4.69, 9.17) is 5.11 Å². The third kappa shape index (κ3) is 2.69. The average Bonchev–Trinajstić information content (AvgIpc) is 2.27. The van der Waals surface area contributed by atoms with Crippen molar-refractivity contribution in [2.75, 3.05) is 26.7 Å². The quantitative estimate of drug-likeness (QED) is 0.665. The maximum absolute atomic E-state index is 11.9. The van der Waals surface area contributed by atoms with Crippen LogP contribution in [0, 0.1) is 5.92 Å². The molecule has 1 fully saturated rings. The summed E-state index contributed by atoms with van der Waals surface area (Å²) in [6.07, 6.45) is 1.84. The van der Waals surface area contributed by atoms with Gasteiger partial charge < -0.3 is 15.3 Å². The van der Waals surface area contributed by atoms with Crippen LogP contribution in [0.15, 0.2) is 0 Å². The molecule has 0 aromatic carbocycles. The first-order chi connectivity index (χ1) is 6.66. The molecule has 82 valence electrons. The number of aliphatic hydroxyl groups excluding tert-OH is 1. The lowest BCUT2D eigenvalue weighted by Crippen LogP contribution is -2.44. The summed E-state index contributed by atoms with van der Waals surface area (Å²) < 4.78 is 0. The lowest BCUT2D eigenvalue weighted by atomic mass is 9.96. The molecule has 1 heterocycles. The van der Waals surface area contributed by atoms with Crippen molar-refractivity contribution in [3.05, 3.63) is 0 Å². The van der Waals surface area contributed by atoms with Crippen molar-refractivity contribution in [3.63, 3.8) is 0 Å². The van der Waals surface area contributed by atoms with Crippen LogP contribution in [0.4, 0.5) is 0 Å². The van der Waals surface area contributed by atoms with Crippen molar-refractivity contribution in [3.8, 4) is 0 Å². The van der Waals surface area contributed by atoms with Gasteiger partial charge in [-0.15, -0.1) is 0 Å². The van der Waals surface area contributed by atoms with Crippen molar-refractivity contribution < 1.29 is 9.90 Å². The lowest BCUT2D eigenvalue weighted by molar-refractivity contribution is -0.137. The second-order valence-corrected chi connectivity index (χ2v) is 4.01. The highest BCUT2D eigenvalue weighted by atomic mass is 16.3. The third-order valence-corrected chi connectivity index (χ3v) is 2.96. The molecule has 0 saturated carbocycles. The minimum atomic E-state index is -0.0719. The lowest BCUT2D eigenvalue weighted by Gasteiger charge is -2.30. The molecule has 1 aliphatic heterocycles. The van der Waals surface area contributed by atoms with Crippen LogP contribution in [-0.4, -0.2) is 48.7 Å². The SMILES string of the molecule is CC(CO)N(C)C(=O)C1CCNCC1. The Morgan fingerprint density at radius 1 is 1.57 bits per heavy atom. The predicted molar refractivity (Wildman–Crippen MR) is 54.9 cm³/mol. The van der Waals surface area contributed by atoms with Gasteiger partial charge in [0.1, 0.15) is 0 Å². The largest absolute Gasteiger partial charge is 0.394 e. The molecule has 0 aliphatic carbocycles. The highest BCUT2D eigenvalue weighted by molar-refractivity contribution is 5.79. The molecule has 14 heavy (non-hydrogen) atoms. The van der Waals surface area contributed by atoms with Gasteiger partial charge in [0, 0.05) is 13.0 Å². The number of carbonyl (C=O) groups excluding carboxylic acids is 1. The first-order valence-corrected chi connectivity index (χ1v) is 5.25. The number of nitrogens with one attached hydrogen (secondary N) is 1. The summed E-state index contributed by atoms with van der Waals surface area (Å²) in [6.45, 7) is 3.75. The fourth-order valence-corrected chi connectivity index (χ4v) is 1.70. The van der Waals surface area contributed by atoms with Gasteiger partial charge in [-0.3, -0.25) is 4.79 Å². The minimum Gasteiger partial charge on any atom is -0.394 e. The molecule has 0 radical (unpaired) electrons. The van der Waals surface area contributed by atoms with Crippen molar-refractivity contribution in [2.24, 2.45) is 5.92 Å². The number of aliphatic hydroxyl groups is 1. The van der Waals surface area contributed by atoms with Gasteiger partial charge in [-0.25, -0.2) is 0 Å². The van der Waals surface area contributed by atoms with Gasteiger partial charge in [0.2, 0.25) is 5.91 Å². The Morgan fingerprint density at radius 3 is 2.64 bits per heavy atom. The molecular formula is C10H20N2O2. The van der Waals surface area contributed by atoms with Gasteiger partial charge in [0.25, 0.3) is 0 Å².